The van der Waals surface area contributed by atoms with Gasteiger partial charge in [-0.05, 0) is 29.9 Å². The molecule has 0 aromatic heterocycles. The number of rotatable bonds is 5. The fraction of sp³-hybridized carbons (Fsp3) is 0.571. The van der Waals surface area contributed by atoms with Crippen molar-refractivity contribution in [1.29, 1.82) is 0 Å². The number of ether oxygens (including phenoxy) is 1. The second-order valence-corrected chi connectivity index (χ2v) is 4.90. The highest BCUT2D eigenvalue weighted by Gasteiger charge is 2.24. The second kappa shape index (κ2) is 5.46. The standard InChI is InChI=1S/C14H21NO/c1-11-7-14(8-11)15-9-12-3-5-13(6-4-12)10-16-2/h3-6,11,14-15H,7-10H2,1-2H3. The van der Waals surface area contributed by atoms with E-state index in [1.54, 1.807) is 7.11 Å². The molecule has 1 aliphatic rings. The summed E-state index contributed by atoms with van der Waals surface area (Å²) in [6, 6.07) is 9.40. The molecule has 0 amide bonds. The summed E-state index contributed by atoms with van der Waals surface area (Å²) < 4.78 is 5.09. The maximum atomic E-state index is 5.09. The van der Waals surface area contributed by atoms with Crippen molar-refractivity contribution in [2.24, 2.45) is 5.92 Å². The van der Waals surface area contributed by atoms with Crippen molar-refractivity contribution >= 4 is 0 Å². The van der Waals surface area contributed by atoms with Gasteiger partial charge in [-0.1, -0.05) is 31.2 Å². The molecule has 2 nitrogen and oxygen atoms in total. The van der Waals surface area contributed by atoms with Crippen molar-refractivity contribution in [3.63, 3.8) is 0 Å². The van der Waals surface area contributed by atoms with E-state index >= 15 is 0 Å². The Hall–Kier alpha value is -0.860. The zero-order chi connectivity index (χ0) is 11.4. The van der Waals surface area contributed by atoms with Crippen LogP contribution >= 0.6 is 0 Å². The Morgan fingerprint density at radius 3 is 2.38 bits per heavy atom. The third-order valence-corrected chi connectivity index (χ3v) is 3.30. The molecule has 1 aromatic rings. The summed E-state index contributed by atoms with van der Waals surface area (Å²) in [4.78, 5) is 0. The van der Waals surface area contributed by atoms with E-state index < -0.39 is 0 Å². The van der Waals surface area contributed by atoms with Crippen molar-refractivity contribution in [3.05, 3.63) is 35.4 Å². The lowest BCUT2D eigenvalue weighted by atomic mass is 9.82. The van der Waals surface area contributed by atoms with E-state index in [1.165, 1.54) is 24.0 Å². The lowest BCUT2D eigenvalue weighted by Crippen LogP contribution is -2.39. The van der Waals surface area contributed by atoms with Crippen LogP contribution in [0.5, 0.6) is 0 Å². The molecule has 88 valence electrons. The molecule has 2 rings (SSSR count). The van der Waals surface area contributed by atoms with Gasteiger partial charge >= 0.3 is 0 Å². The second-order valence-electron chi connectivity index (χ2n) is 4.90. The average Bonchev–Trinajstić information content (AvgIpc) is 2.25. The predicted octanol–water partition coefficient (Wildman–Crippen LogP) is 2.72. The smallest absolute Gasteiger partial charge is 0.0713 e. The maximum Gasteiger partial charge on any atom is 0.0713 e. The minimum Gasteiger partial charge on any atom is -0.380 e. The first-order valence-electron chi connectivity index (χ1n) is 6.08. The third kappa shape index (κ3) is 3.06. The molecular weight excluding hydrogens is 198 g/mol. The third-order valence-electron chi connectivity index (χ3n) is 3.30. The molecule has 16 heavy (non-hydrogen) atoms. The molecule has 1 aliphatic carbocycles. The average molecular weight is 219 g/mol. The molecule has 2 heteroatoms. The first-order valence-corrected chi connectivity index (χ1v) is 6.08. The largest absolute Gasteiger partial charge is 0.380 e. The first-order chi connectivity index (χ1) is 7.78. The molecule has 1 saturated carbocycles. The van der Waals surface area contributed by atoms with Crippen LogP contribution in [0.2, 0.25) is 0 Å². The normalized spacial score (nSPS) is 24.1. The molecule has 0 unspecified atom stereocenters. The van der Waals surface area contributed by atoms with Crippen LogP contribution < -0.4 is 5.32 Å². The molecule has 0 atom stereocenters. The Morgan fingerprint density at radius 1 is 1.19 bits per heavy atom. The first kappa shape index (κ1) is 11.6. The molecule has 0 heterocycles. The summed E-state index contributed by atoms with van der Waals surface area (Å²) in [5.41, 5.74) is 2.60. The summed E-state index contributed by atoms with van der Waals surface area (Å²) in [5.74, 6) is 0.918. The van der Waals surface area contributed by atoms with Gasteiger partial charge in [-0.25, -0.2) is 0 Å². The van der Waals surface area contributed by atoms with Crippen molar-refractivity contribution in [1.82, 2.24) is 5.32 Å². The summed E-state index contributed by atoms with van der Waals surface area (Å²) in [7, 11) is 1.73. The molecule has 0 aliphatic heterocycles. The fourth-order valence-corrected chi connectivity index (χ4v) is 2.25. The van der Waals surface area contributed by atoms with Crippen LogP contribution in [0.1, 0.15) is 30.9 Å². The van der Waals surface area contributed by atoms with E-state index in [4.69, 9.17) is 4.74 Å². The van der Waals surface area contributed by atoms with E-state index in [1.807, 2.05) is 0 Å². The van der Waals surface area contributed by atoms with E-state index in [2.05, 4.69) is 36.5 Å². The van der Waals surface area contributed by atoms with E-state index in [0.717, 1.165) is 18.5 Å². The number of nitrogens with one attached hydrogen (secondary N) is 1. The predicted molar refractivity (Wildman–Crippen MR) is 66.2 cm³/mol. The summed E-state index contributed by atoms with van der Waals surface area (Å²) in [6.07, 6.45) is 2.67. The number of benzene rings is 1. The van der Waals surface area contributed by atoms with Crippen LogP contribution in [0.25, 0.3) is 0 Å². The monoisotopic (exact) mass is 219 g/mol. The molecule has 1 aromatic carbocycles. The van der Waals surface area contributed by atoms with Gasteiger partial charge in [0.15, 0.2) is 0 Å². The zero-order valence-corrected chi connectivity index (χ0v) is 10.2. The summed E-state index contributed by atoms with van der Waals surface area (Å²) in [6.45, 7) is 4.01. The molecule has 1 N–H and O–H groups in total. The molecule has 0 bridgehead atoms. The molecule has 0 radical (unpaired) electrons. The summed E-state index contributed by atoms with van der Waals surface area (Å²) in [5, 5.41) is 3.59. The molecule has 0 spiro atoms. The quantitative estimate of drug-likeness (QED) is 0.822. The van der Waals surface area contributed by atoms with E-state index in [0.29, 0.717) is 6.61 Å². The van der Waals surface area contributed by atoms with Crippen LogP contribution in [0.15, 0.2) is 24.3 Å². The Balaban J connectivity index is 1.76. The molecule has 1 fully saturated rings. The zero-order valence-electron chi connectivity index (χ0n) is 10.2. The minimum atomic E-state index is 0.702. The number of hydrogen-bond donors (Lipinski definition) is 1. The lowest BCUT2D eigenvalue weighted by Gasteiger charge is -2.33. The van der Waals surface area contributed by atoms with Crippen LogP contribution in [0.3, 0.4) is 0 Å². The Kier molecular flexibility index (Phi) is 3.97. The Morgan fingerprint density at radius 2 is 1.81 bits per heavy atom. The van der Waals surface area contributed by atoms with Gasteiger partial charge in [0.2, 0.25) is 0 Å². The van der Waals surface area contributed by atoms with Crippen LogP contribution in [-0.2, 0) is 17.9 Å². The van der Waals surface area contributed by atoms with Crippen LogP contribution in [0, 0.1) is 5.92 Å². The van der Waals surface area contributed by atoms with Gasteiger partial charge < -0.3 is 10.1 Å². The molecule has 0 saturated heterocycles. The van der Waals surface area contributed by atoms with E-state index in [9.17, 15) is 0 Å². The minimum absolute atomic E-state index is 0.702. The van der Waals surface area contributed by atoms with Crippen LogP contribution in [-0.4, -0.2) is 13.2 Å². The van der Waals surface area contributed by atoms with Gasteiger partial charge in [0.1, 0.15) is 0 Å². The lowest BCUT2D eigenvalue weighted by molar-refractivity contribution is 0.185. The molecular formula is C14H21NO. The number of hydrogen-bond acceptors (Lipinski definition) is 2. The summed E-state index contributed by atoms with van der Waals surface area (Å²) >= 11 is 0. The van der Waals surface area contributed by atoms with Gasteiger partial charge in [0.05, 0.1) is 6.61 Å². The topological polar surface area (TPSA) is 21.3 Å². The van der Waals surface area contributed by atoms with Crippen LogP contribution in [0.4, 0.5) is 0 Å². The van der Waals surface area contributed by atoms with Crippen molar-refractivity contribution in [2.75, 3.05) is 7.11 Å². The van der Waals surface area contributed by atoms with Gasteiger partial charge in [-0.15, -0.1) is 0 Å². The maximum absolute atomic E-state index is 5.09. The van der Waals surface area contributed by atoms with Gasteiger partial charge in [0.25, 0.3) is 0 Å². The van der Waals surface area contributed by atoms with Gasteiger partial charge in [-0.2, -0.15) is 0 Å². The van der Waals surface area contributed by atoms with Crippen molar-refractivity contribution in [3.8, 4) is 0 Å². The Bertz CT molecular complexity index is 314. The number of methoxy groups -OCH3 is 1. The van der Waals surface area contributed by atoms with Gasteiger partial charge in [-0.3, -0.25) is 0 Å². The fourth-order valence-electron chi connectivity index (χ4n) is 2.25. The van der Waals surface area contributed by atoms with Crippen molar-refractivity contribution in [2.45, 2.75) is 39.0 Å². The van der Waals surface area contributed by atoms with Gasteiger partial charge in [0, 0.05) is 19.7 Å². The highest BCUT2D eigenvalue weighted by Crippen LogP contribution is 2.26. The highest BCUT2D eigenvalue weighted by molar-refractivity contribution is 5.22. The SMILES string of the molecule is COCc1ccc(CNC2CC(C)C2)cc1. The van der Waals surface area contributed by atoms with E-state index in [-0.39, 0.29) is 0 Å². The van der Waals surface area contributed by atoms with Crippen molar-refractivity contribution < 1.29 is 4.74 Å². The Labute approximate surface area is 98.0 Å². The highest BCUT2D eigenvalue weighted by atomic mass is 16.5.